The topological polar surface area (TPSA) is 49.8 Å². The standard InChI is InChI=1S/C15H17F3N4/c1-14(2,3)22-12-8-9-19-13(21-12)20-11-6-4-10(5-7-11)15(16,17)18/h4-9H,1-3H3,(H2,19,20,21,22). The van der Waals surface area contributed by atoms with Gasteiger partial charge in [-0.25, -0.2) is 4.98 Å². The number of anilines is 3. The van der Waals surface area contributed by atoms with Gasteiger partial charge in [-0.3, -0.25) is 0 Å². The monoisotopic (exact) mass is 310 g/mol. The number of nitrogens with one attached hydrogen (secondary N) is 2. The molecule has 22 heavy (non-hydrogen) atoms. The van der Waals surface area contributed by atoms with Crippen LogP contribution in [0, 0.1) is 0 Å². The van der Waals surface area contributed by atoms with Crippen molar-refractivity contribution in [3.05, 3.63) is 42.1 Å². The Hall–Kier alpha value is -2.31. The van der Waals surface area contributed by atoms with Crippen molar-refractivity contribution in [2.45, 2.75) is 32.5 Å². The van der Waals surface area contributed by atoms with Crippen molar-refractivity contribution in [3.63, 3.8) is 0 Å². The molecule has 0 aliphatic rings. The Labute approximate surface area is 126 Å². The van der Waals surface area contributed by atoms with Gasteiger partial charge in [0.05, 0.1) is 5.56 Å². The van der Waals surface area contributed by atoms with Crippen LogP contribution in [0.5, 0.6) is 0 Å². The van der Waals surface area contributed by atoms with Gasteiger partial charge in [0, 0.05) is 17.4 Å². The molecule has 1 aromatic carbocycles. The number of aromatic nitrogens is 2. The fraction of sp³-hybridized carbons (Fsp3) is 0.333. The Kier molecular flexibility index (Phi) is 4.25. The maximum Gasteiger partial charge on any atom is 0.416 e. The predicted octanol–water partition coefficient (Wildman–Crippen LogP) is 4.45. The molecule has 2 N–H and O–H groups in total. The largest absolute Gasteiger partial charge is 0.416 e. The zero-order chi connectivity index (χ0) is 16.4. The average molecular weight is 310 g/mol. The predicted molar refractivity (Wildman–Crippen MR) is 80.1 cm³/mol. The highest BCUT2D eigenvalue weighted by atomic mass is 19.4. The van der Waals surface area contributed by atoms with Crippen LogP contribution >= 0.6 is 0 Å². The third-order valence-electron chi connectivity index (χ3n) is 2.63. The smallest absolute Gasteiger partial charge is 0.365 e. The van der Waals surface area contributed by atoms with Gasteiger partial charge >= 0.3 is 6.18 Å². The molecule has 0 fully saturated rings. The fourth-order valence-corrected chi connectivity index (χ4v) is 1.74. The van der Waals surface area contributed by atoms with Crippen LogP contribution in [0.25, 0.3) is 0 Å². The number of nitrogens with zero attached hydrogens (tertiary/aromatic N) is 2. The fourth-order valence-electron chi connectivity index (χ4n) is 1.74. The molecular formula is C15H17F3N4. The first-order chi connectivity index (χ1) is 10.1. The van der Waals surface area contributed by atoms with E-state index in [9.17, 15) is 13.2 Å². The van der Waals surface area contributed by atoms with Gasteiger partial charge in [-0.1, -0.05) is 0 Å². The SMILES string of the molecule is CC(C)(C)Nc1ccnc(Nc2ccc(C(F)(F)F)cc2)n1. The van der Waals surface area contributed by atoms with E-state index in [0.717, 1.165) is 12.1 Å². The molecule has 1 aromatic heterocycles. The second-order valence-electron chi connectivity index (χ2n) is 5.84. The lowest BCUT2D eigenvalue weighted by Gasteiger charge is -2.21. The van der Waals surface area contributed by atoms with Crippen molar-refractivity contribution < 1.29 is 13.2 Å². The van der Waals surface area contributed by atoms with Crippen LogP contribution in [-0.4, -0.2) is 15.5 Å². The van der Waals surface area contributed by atoms with E-state index >= 15 is 0 Å². The van der Waals surface area contributed by atoms with Crippen LogP contribution in [0.1, 0.15) is 26.3 Å². The summed E-state index contributed by atoms with van der Waals surface area (Å²) in [5.74, 6) is 0.950. The summed E-state index contributed by atoms with van der Waals surface area (Å²) in [6.45, 7) is 5.99. The van der Waals surface area contributed by atoms with Gasteiger partial charge in [0.25, 0.3) is 0 Å². The Morgan fingerprint density at radius 1 is 0.955 bits per heavy atom. The molecule has 0 aliphatic carbocycles. The van der Waals surface area contributed by atoms with Crippen LogP contribution in [0.3, 0.4) is 0 Å². The van der Waals surface area contributed by atoms with Crippen LogP contribution < -0.4 is 10.6 Å². The molecule has 118 valence electrons. The molecule has 4 nitrogen and oxygen atoms in total. The highest BCUT2D eigenvalue weighted by molar-refractivity contribution is 5.55. The van der Waals surface area contributed by atoms with E-state index < -0.39 is 11.7 Å². The Bertz CT molecular complexity index is 630. The summed E-state index contributed by atoms with van der Waals surface area (Å²) in [6, 6.07) is 6.44. The lowest BCUT2D eigenvalue weighted by atomic mass is 10.1. The van der Waals surface area contributed by atoms with E-state index in [0.29, 0.717) is 17.5 Å². The van der Waals surface area contributed by atoms with Gasteiger partial charge < -0.3 is 10.6 Å². The van der Waals surface area contributed by atoms with Gasteiger partial charge in [0.15, 0.2) is 0 Å². The minimum atomic E-state index is -4.34. The molecule has 2 aromatic rings. The molecule has 0 unspecified atom stereocenters. The zero-order valence-electron chi connectivity index (χ0n) is 12.5. The number of halogens is 3. The Morgan fingerprint density at radius 2 is 1.59 bits per heavy atom. The maximum atomic E-state index is 12.5. The van der Waals surface area contributed by atoms with Crippen molar-refractivity contribution in [1.29, 1.82) is 0 Å². The summed E-state index contributed by atoms with van der Waals surface area (Å²) in [6.07, 6.45) is -2.76. The van der Waals surface area contributed by atoms with Crippen molar-refractivity contribution in [2.24, 2.45) is 0 Å². The number of alkyl halides is 3. The molecule has 0 spiro atoms. The molecule has 2 rings (SSSR count). The second-order valence-corrected chi connectivity index (χ2v) is 5.84. The molecule has 0 amide bonds. The van der Waals surface area contributed by atoms with Crippen molar-refractivity contribution in [3.8, 4) is 0 Å². The highest BCUT2D eigenvalue weighted by Crippen LogP contribution is 2.30. The summed E-state index contributed by atoms with van der Waals surface area (Å²) in [5.41, 5.74) is -0.358. The van der Waals surface area contributed by atoms with Gasteiger partial charge in [-0.15, -0.1) is 0 Å². The first-order valence-corrected chi connectivity index (χ1v) is 6.69. The molecule has 7 heteroatoms. The third-order valence-corrected chi connectivity index (χ3v) is 2.63. The van der Waals surface area contributed by atoms with E-state index in [1.165, 1.54) is 12.1 Å². The van der Waals surface area contributed by atoms with Gasteiger partial charge in [-0.2, -0.15) is 18.2 Å². The lowest BCUT2D eigenvalue weighted by molar-refractivity contribution is -0.137. The normalized spacial score (nSPS) is 12.1. The van der Waals surface area contributed by atoms with Gasteiger partial charge in [-0.05, 0) is 51.1 Å². The number of rotatable bonds is 3. The highest BCUT2D eigenvalue weighted by Gasteiger charge is 2.29. The first kappa shape index (κ1) is 16.1. The molecule has 0 radical (unpaired) electrons. The van der Waals surface area contributed by atoms with Crippen LogP contribution in [0.15, 0.2) is 36.5 Å². The van der Waals surface area contributed by atoms with E-state index in [1.807, 2.05) is 20.8 Å². The van der Waals surface area contributed by atoms with Gasteiger partial charge in [0.1, 0.15) is 5.82 Å². The molecule has 0 aliphatic heterocycles. The lowest BCUT2D eigenvalue weighted by Crippen LogP contribution is -2.26. The summed E-state index contributed by atoms with van der Waals surface area (Å²) < 4.78 is 37.5. The molecule has 0 saturated heterocycles. The summed E-state index contributed by atoms with van der Waals surface area (Å²) in [5, 5.41) is 6.08. The van der Waals surface area contributed by atoms with E-state index in [-0.39, 0.29) is 5.54 Å². The van der Waals surface area contributed by atoms with E-state index in [2.05, 4.69) is 20.6 Å². The van der Waals surface area contributed by atoms with Crippen molar-refractivity contribution >= 4 is 17.5 Å². The van der Waals surface area contributed by atoms with E-state index in [4.69, 9.17) is 0 Å². The van der Waals surface area contributed by atoms with Crippen LogP contribution in [-0.2, 0) is 6.18 Å². The molecule has 0 saturated carbocycles. The minimum absolute atomic E-state index is 0.153. The summed E-state index contributed by atoms with van der Waals surface area (Å²) in [7, 11) is 0. The minimum Gasteiger partial charge on any atom is -0.365 e. The third kappa shape index (κ3) is 4.61. The van der Waals surface area contributed by atoms with Crippen LogP contribution in [0.2, 0.25) is 0 Å². The summed E-state index contributed by atoms with van der Waals surface area (Å²) >= 11 is 0. The number of hydrogen-bond acceptors (Lipinski definition) is 4. The van der Waals surface area contributed by atoms with Crippen LogP contribution in [0.4, 0.5) is 30.6 Å². The number of hydrogen-bond donors (Lipinski definition) is 2. The van der Waals surface area contributed by atoms with Crippen molar-refractivity contribution in [1.82, 2.24) is 9.97 Å². The zero-order valence-corrected chi connectivity index (χ0v) is 12.5. The molecular weight excluding hydrogens is 293 g/mol. The molecule has 0 atom stereocenters. The molecule has 1 heterocycles. The number of benzene rings is 1. The summed E-state index contributed by atoms with van der Waals surface area (Å²) in [4.78, 5) is 8.32. The van der Waals surface area contributed by atoms with E-state index in [1.54, 1.807) is 12.3 Å². The second kappa shape index (κ2) is 5.82. The first-order valence-electron chi connectivity index (χ1n) is 6.69. The van der Waals surface area contributed by atoms with Gasteiger partial charge in [0.2, 0.25) is 5.95 Å². The average Bonchev–Trinajstić information content (AvgIpc) is 2.36. The Balaban J connectivity index is 2.12. The Morgan fingerprint density at radius 3 is 2.14 bits per heavy atom. The van der Waals surface area contributed by atoms with Crippen molar-refractivity contribution in [2.75, 3.05) is 10.6 Å². The maximum absolute atomic E-state index is 12.5. The quantitative estimate of drug-likeness (QED) is 0.879. The molecule has 0 bridgehead atoms.